The van der Waals surface area contributed by atoms with E-state index in [0.717, 1.165) is 0 Å². The van der Waals surface area contributed by atoms with Crippen molar-refractivity contribution in [3.63, 3.8) is 0 Å². The summed E-state index contributed by atoms with van der Waals surface area (Å²) >= 11 is 0. The number of carbonyl (C=O) groups excluding carboxylic acids is 1. The van der Waals surface area contributed by atoms with E-state index >= 15 is 0 Å². The maximum Gasteiger partial charge on any atom is 0.241 e. The van der Waals surface area contributed by atoms with Gasteiger partial charge >= 0.3 is 0 Å². The quantitative estimate of drug-likeness (QED) is 0.810. The van der Waals surface area contributed by atoms with Crippen LogP contribution in [-0.2, 0) is 4.79 Å². The topological polar surface area (TPSA) is 77.7 Å². The number of nitrogens with zero attached hydrogens (tertiary/aromatic N) is 2. The first-order chi connectivity index (χ1) is 8.15. The van der Waals surface area contributed by atoms with Crippen LogP contribution in [0.5, 0.6) is 11.8 Å². The van der Waals surface area contributed by atoms with E-state index in [1.165, 1.54) is 14.2 Å². The monoisotopic (exact) mass is 237 g/mol. The Labute approximate surface area is 99.3 Å². The molecule has 1 aliphatic rings. The zero-order valence-electron chi connectivity index (χ0n) is 9.84. The molecule has 1 saturated heterocycles. The van der Waals surface area contributed by atoms with Crippen molar-refractivity contribution in [1.82, 2.24) is 4.98 Å². The Hall–Kier alpha value is -1.82. The average molecular weight is 237 g/mol. The minimum atomic E-state index is -0.130. The predicted octanol–water partition coefficient (Wildman–Crippen LogP) is 0.163. The van der Waals surface area contributed by atoms with Gasteiger partial charge in [0.15, 0.2) is 0 Å². The van der Waals surface area contributed by atoms with E-state index in [9.17, 15) is 4.79 Å². The molecule has 2 N–H and O–H groups in total. The lowest BCUT2D eigenvalue weighted by molar-refractivity contribution is -0.117. The molecule has 1 amide bonds. The molecular weight excluding hydrogens is 222 g/mol. The Morgan fingerprint density at radius 2 is 2.18 bits per heavy atom. The molecule has 1 aromatic rings. The molecule has 0 spiro atoms. The van der Waals surface area contributed by atoms with Gasteiger partial charge in [-0.15, -0.1) is 0 Å². The van der Waals surface area contributed by atoms with E-state index in [1.54, 1.807) is 17.0 Å². The largest absolute Gasteiger partial charge is 0.481 e. The fourth-order valence-corrected chi connectivity index (χ4v) is 1.85. The molecule has 1 fully saturated rings. The standard InChI is InChI=1S/C11H15N3O3/c1-16-9-4-3-8(11(13-9)17-2)14-6-7(12)5-10(14)15/h3-4,7H,5-6,12H2,1-2H3. The van der Waals surface area contributed by atoms with Crippen molar-refractivity contribution in [2.24, 2.45) is 5.73 Å². The molecular formula is C11H15N3O3. The molecule has 1 aliphatic heterocycles. The summed E-state index contributed by atoms with van der Waals surface area (Å²) in [6.07, 6.45) is 0.356. The first-order valence-corrected chi connectivity index (χ1v) is 5.30. The van der Waals surface area contributed by atoms with Crippen LogP contribution in [0.2, 0.25) is 0 Å². The molecule has 2 heterocycles. The van der Waals surface area contributed by atoms with Crippen LogP contribution in [0.15, 0.2) is 12.1 Å². The van der Waals surface area contributed by atoms with Crippen LogP contribution in [-0.4, -0.2) is 37.7 Å². The number of hydrogen-bond donors (Lipinski definition) is 1. The van der Waals surface area contributed by atoms with Crippen LogP contribution in [0.1, 0.15) is 6.42 Å². The van der Waals surface area contributed by atoms with Crippen LogP contribution in [0.25, 0.3) is 0 Å². The Kier molecular flexibility index (Phi) is 3.14. The molecule has 6 heteroatoms. The number of ether oxygens (including phenoxy) is 2. The van der Waals surface area contributed by atoms with E-state index in [2.05, 4.69) is 4.98 Å². The molecule has 1 unspecified atom stereocenters. The molecule has 0 aromatic carbocycles. The lowest BCUT2D eigenvalue weighted by atomic mass is 10.3. The van der Waals surface area contributed by atoms with Gasteiger partial charge in [-0.2, -0.15) is 4.98 Å². The van der Waals surface area contributed by atoms with Gasteiger partial charge < -0.3 is 20.1 Å². The van der Waals surface area contributed by atoms with Crippen molar-refractivity contribution < 1.29 is 14.3 Å². The van der Waals surface area contributed by atoms with Gasteiger partial charge in [-0.3, -0.25) is 4.79 Å². The molecule has 17 heavy (non-hydrogen) atoms. The molecule has 0 saturated carbocycles. The van der Waals surface area contributed by atoms with Gasteiger partial charge in [0, 0.05) is 25.1 Å². The first-order valence-electron chi connectivity index (χ1n) is 5.30. The number of hydrogen-bond acceptors (Lipinski definition) is 5. The highest BCUT2D eigenvalue weighted by molar-refractivity contribution is 5.97. The third-order valence-corrected chi connectivity index (χ3v) is 2.66. The highest BCUT2D eigenvalue weighted by Gasteiger charge is 2.30. The van der Waals surface area contributed by atoms with Crippen LogP contribution in [0.4, 0.5) is 5.69 Å². The Morgan fingerprint density at radius 1 is 1.41 bits per heavy atom. The number of pyridine rings is 1. The highest BCUT2D eigenvalue weighted by atomic mass is 16.5. The molecule has 0 aliphatic carbocycles. The third kappa shape index (κ3) is 2.16. The van der Waals surface area contributed by atoms with E-state index in [-0.39, 0.29) is 11.9 Å². The van der Waals surface area contributed by atoms with Crippen LogP contribution in [0.3, 0.4) is 0 Å². The second-order valence-corrected chi connectivity index (χ2v) is 3.85. The minimum Gasteiger partial charge on any atom is -0.481 e. The van der Waals surface area contributed by atoms with E-state index < -0.39 is 0 Å². The molecule has 1 aromatic heterocycles. The molecule has 0 bridgehead atoms. The predicted molar refractivity (Wildman–Crippen MR) is 62.3 cm³/mol. The maximum atomic E-state index is 11.7. The van der Waals surface area contributed by atoms with Gasteiger partial charge in [-0.05, 0) is 6.07 Å². The molecule has 0 radical (unpaired) electrons. The van der Waals surface area contributed by atoms with Crippen LogP contribution < -0.4 is 20.1 Å². The SMILES string of the molecule is COc1ccc(N2CC(N)CC2=O)c(OC)n1. The smallest absolute Gasteiger partial charge is 0.241 e. The zero-order valence-corrected chi connectivity index (χ0v) is 9.84. The number of aromatic nitrogens is 1. The Balaban J connectivity index is 2.35. The second kappa shape index (κ2) is 4.58. The summed E-state index contributed by atoms with van der Waals surface area (Å²) in [6, 6.07) is 3.31. The normalized spacial score (nSPS) is 19.6. The van der Waals surface area contributed by atoms with Gasteiger partial charge in [-0.1, -0.05) is 0 Å². The van der Waals surface area contributed by atoms with Crippen molar-refractivity contribution >= 4 is 11.6 Å². The summed E-state index contributed by atoms with van der Waals surface area (Å²) in [5.41, 5.74) is 6.38. The van der Waals surface area contributed by atoms with Gasteiger partial charge in [0.05, 0.1) is 14.2 Å². The average Bonchev–Trinajstić information content (AvgIpc) is 2.67. The number of carbonyl (C=O) groups is 1. The minimum absolute atomic E-state index is 0.0113. The Morgan fingerprint density at radius 3 is 2.71 bits per heavy atom. The third-order valence-electron chi connectivity index (χ3n) is 2.66. The van der Waals surface area contributed by atoms with Gasteiger partial charge in [0.1, 0.15) is 5.69 Å². The second-order valence-electron chi connectivity index (χ2n) is 3.85. The number of amides is 1. The summed E-state index contributed by atoms with van der Waals surface area (Å²) in [5, 5.41) is 0. The number of nitrogens with two attached hydrogens (primary N) is 1. The molecule has 6 nitrogen and oxygen atoms in total. The van der Waals surface area contributed by atoms with Crippen molar-refractivity contribution in [2.45, 2.75) is 12.5 Å². The summed E-state index contributed by atoms with van der Waals surface area (Å²) in [7, 11) is 3.03. The zero-order chi connectivity index (χ0) is 12.4. The van der Waals surface area contributed by atoms with Gasteiger partial charge in [-0.25, -0.2) is 0 Å². The fraction of sp³-hybridized carbons (Fsp3) is 0.455. The van der Waals surface area contributed by atoms with Gasteiger partial charge in [0.25, 0.3) is 0 Å². The van der Waals surface area contributed by atoms with Crippen molar-refractivity contribution in [2.75, 3.05) is 25.7 Å². The maximum absolute atomic E-state index is 11.7. The van der Waals surface area contributed by atoms with Crippen LogP contribution in [0, 0.1) is 0 Å². The molecule has 1 atom stereocenters. The van der Waals surface area contributed by atoms with Crippen LogP contribution >= 0.6 is 0 Å². The van der Waals surface area contributed by atoms with Crippen molar-refractivity contribution in [1.29, 1.82) is 0 Å². The highest BCUT2D eigenvalue weighted by Crippen LogP contribution is 2.31. The summed E-state index contributed by atoms with van der Waals surface area (Å²) in [4.78, 5) is 17.5. The summed E-state index contributed by atoms with van der Waals surface area (Å²) in [6.45, 7) is 0.489. The van der Waals surface area contributed by atoms with E-state index in [1.807, 2.05) is 0 Å². The number of rotatable bonds is 3. The van der Waals surface area contributed by atoms with Gasteiger partial charge in [0.2, 0.25) is 17.7 Å². The van der Waals surface area contributed by atoms with E-state index in [4.69, 9.17) is 15.2 Å². The molecule has 92 valence electrons. The fourth-order valence-electron chi connectivity index (χ4n) is 1.85. The summed E-state index contributed by atoms with van der Waals surface area (Å²) in [5.74, 6) is 0.802. The molecule has 2 rings (SSSR count). The lowest BCUT2D eigenvalue weighted by Gasteiger charge is -2.18. The first kappa shape index (κ1) is 11.7. The van der Waals surface area contributed by atoms with Crippen molar-refractivity contribution in [3.8, 4) is 11.8 Å². The number of anilines is 1. The lowest BCUT2D eigenvalue weighted by Crippen LogP contribution is -2.28. The number of methoxy groups -OCH3 is 2. The van der Waals surface area contributed by atoms with E-state index in [0.29, 0.717) is 30.4 Å². The Bertz CT molecular complexity index is 436. The van der Waals surface area contributed by atoms with Crippen molar-refractivity contribution in [3.05, 3.63) is 12.1 Å². The summed E-state index contributed by atoms with van der Waals surface area (Å²) < 4.78 is 10.2.